The molecule has 2 heterocycles. The summed E-state index contributed by atoms with van der Waals surface area (Å²) in [6.45, 7) is 0.673. The van der Waals surface area contributed by atoms with Gasteiger partial charge in [0.2, 0.25) is 0 Å². The van der Waals surface area contributed by atoms with E-state index < -0.39 is 5.82 Å². The third kappa shape index (κ3) is 4.51. The highest BCUT2D eigenvalue weighted by Gasteiger charge is 2.29. The van der Waals surface area contributed by atoms with Crippen LogP contribution in [0.1, 0.15) is 47.5 Å². The minimum atomic E-state index is -0.446. The summed E-state index contributed by atoms with van der Waals surface area (Å²) >= 11 is 6.05. The molecule has 0 atom stereocenters. The monoisotopic (exact) mass is 437 g/mol. The lowest BCUT2D eigenvalue weighted by molar-refractivity contribution is 0.0952. The quantitative estimate of drug-likeness (QED) is 0.538. The van der Waals surface area contributed by atoms with E-state index >= 15 is 0 Å². The lowest BCUT2D eigenvalue weighted by Gasteiger charge is -2.15. The normalized spacial score (nSPS) is 15.5. The van der Waals surface area contributed by atoms with E-state index in [9.17, 15) is 9.18 Å². The maximum absolute atomic E-state index is 14.4. The predicted molar refractivity (Wildman–Crippen MR) is 117 cm³/mol. The van der Waals surface area contributed by atoms with Gasteiger partial charge in [-0.3, -0.25) is 9.78 Å². The predicted octanol–water partition coefficient (Wildman–Crippen LogP) is 5.09. The first kappa shape index (κ1) is 19.9. The van der Waals surface area contributed by atoms with Crippen LogP contribution in [-0.4, -0.2) is 27.4 Å². The average Bonchev–Trinajstić information content (AvgIpc) is 3.68. The molecule has 2 fully saturated rings. The summed E-state index contributed by atoms with van der Waals surface area (Å²) in [6, 6.07) is 6.04. The molecule has 0 unspecified atom stereocenters. The van der Waals surface area contributed by atoms with Crippen LogP contribution in [0, 0.1) is 11.7 Å². The third-order valence-electron chi connectivity index (χ3n) is 5.57. The summed E-state index contributed by atoms with van der Waals surface area (Å²) in [4.78, 5) is 25.8. The average molecular weight is 438 g/mol. The largest absolute Gasteiger partial charge is 0.352 e. The van der Waals surface area contributed by atoms with Gasteiger partial charge >= 0.3 is 0 Å². The van der Waals surface area contributed by atoms with Crippen LogP contribution in [0.25, 0.3) is 11.4 Å². The Morgan fingerprint density at radius 2 is 2.00 bits per heavy atom. The van der Waals surface area contributed by atoms with Crippen molar-refractivity contribution < 1.29 is 9.18 Å². The molecule has 1 amide bonds. The van der Waals surface area contributed by atoms with Gasteiger partial charge in [0.15, 0.2) is 5.82 Å². The van der Waals surface area contributed by atoms with Gasteiger partial charge in [-0.2, -0.15) is 0 Å². The van der Waals surface area contributed by atoms with Crippen molar-refractivity contribution in [3.63, 3.8) is 0 Å². The van der Waals surface area contributed by atoms with E-state index in [1.54, 1.807) is 24.7 Å². The minimum Gasteiger partial charge on any atom is -0.352 e. The zero-order valence-corrected chi connectivity index (χ0v) is 17.5. The molecule has 2 N–H and O–H groups in total. The smallest absolute Gasteiger partial charge is 0.254 e. The molecule has 0 aliphatic heterocycles. The van der Waals surface area contributed by atoms with E-state index in [1.165, 1.54) is 18.2 Å². The first-order chi connectivity index (χ1) is 15.1. The second-order valence-electron chi connectivity index (χ2n) is 8.10. The van der Waals surface area contributed by atoms with E-state index in [-0.39, 0.29) is 17.3 Å². The molecule has 0 bridgehead atoms. The topological polar surface area (TPSA) is 79.8 Å². The second-order valence-corrected chi connectivity index (χ2v) is 8.53. The number of nitrogens with zero attached hydrogens (tertiary/aromatic N) is 3. The molecule has 3 aromatic rings. The molecule has 0 spiro atoms. The number of nitrogens with one attached hydrogen (secondary N) is 2. The Kier molecular flexibility index (Phi) is 5.28. The van der Waals surface area contributed by atoms with Gasteiger partial charge in [-0.05, 0) is 61.8 Å². The number of aromatic nitrogens is 3. The number of halogens is 2. The number of carbonyl (C=O) groups is 1. The Labute approximate surface area is 184 Å². The highest BCUT2D eigenvalue weighted by molar-refractivity contribution is 6.30. The number of hydrogen-bond acceptors (Lipinski definition) is 5. The van der Waals surface area contributed by atoms with Gasteiger partial charge in [-0.15, -0.1) is 0 Å². The van der Waals surface area contributed by atoms with Crippen LogP contribution < -0.4 is 10.6 Å². The van der Waals surface area contributed by atoms with Crippen LogP contribution in [-0.2, 0) is 0 Å². The maximum Gasteiger partial charge on any atom is 0.254 e. The molecule has 2 aliphatic carbocycles. The maximum atomic E-state index is 14.4. The van der Waals surface area contributed by atoms with Gasteiger partial charge in [-0.25, -0.2) is 14.4 Å². The van der Waals surface area contributed by atoms with Crippen molar-refractivity contribution >= 4 is 29.0 Å². The van der Waals surface area contributed by atoms with Gasteiger partial charge in [0.25, 0.3) is 5.91 Å². The highest BCUT2D eigenvalue weighted by Crippen LogP contribution is 2.43. The number of benzene rings is 1. The number of amides is 1. The molecule has 2 aliphatic rings. The molecule has 1 aromatic carbocycles. The molecular formula is C23H21ClFN5O. The first-order valence-corrected chi connectivity index (χ1v) is 10.8. The number of anilines is 2. The Morgan fingerprint density at radius 3 is 2.77 bits per heavy atom. The lowest BCUT2D eigenvalue weighted by atomic mass is 10.1. The SMILES string of the molecule is O=C(NCC1CC1)c1cnccc1Nc1nc(-c2cc(Cl)ccc2F)ncc1C1CC1. The van der Waals surface area contributed by atoms with Crippen molar-refractivity contribution in [2.45, 2.75) is 31.6 Å². The number of carbonyl (C=O) groups excluding carboxylic acids is 1. The van der Waals surface area contributed by atoms with Crippen LogP contribution in [0.4, 0.5) is 15.9 Å². The van der Waals surface area contributed by atoms with Gasteiger partial charge < -0.3 is 10.6 Å². The summed E-state index contributed by atoms with van der Waals surface area (Å²) in [5.41, 5.74) is 2.22. The molecule has 31 heavy (non-hydrogen) atoms. The van der Waals surface area contributed by atoms with Gasteiger partial charge in [0, 0.05) is 35.7 Å². The van der Waals surface area contributed by atoms with Crippen LogP contribution in [0.5, 0.6) is 0 Å². The first-order valence-electron chi connectivity index (χ1n) is 10.4. The van der Waals surface area contributed by atoms with Gasteiger partial charge in [-0.1, -0.05) is 11.6 Å². The number of pyridine rings is 1. The minimum absolute atomic E-state index is 0.175. The summed E-state index contributed by atoms with van der Waals surface area (Å²) in [5, 5.41) is 6.66. The van der Waals surface area contributed by atoms with Crippen molar-refractivity contribution in [3.8, 4) is 11.4 Å². The van der Waals surface area contributed by atoms with Gasteiger partial charge in [0.05, 0.1) is 16.8 Å². The van der Waals surface area contributed by atoms with Crippen molar-refractivity contribution in [2.75, 3.05) is 11.9 Å². The number of rotatable bonds is 7. The number of hydrogen-bond donors (Lipinski definition) is 2. The van der Waals surface area contributed by atoms with Crippen molar-refractivity contribution in [1.82, 2.24) is 20.3 Å². The molecular weight excluding hydrogens is 417 g/mol. The Morgan fingerprint density at radius 1 is 1.16 bits per heavy atom. The Balaban J connectivity index is 1.48. The van der Waals surface area contributed by atoms with E-state index in [4.69, 9.17) is 11.6 Å². The van der Waals surface area contributed by atoms with Crippen LogP contribution >= 0.6 is 11.6 Å². The van der Waals surface area contributed by atoms with E-state index in [0.717, 1.165) is 31.2 Å². The van der Waals surface area contributed by atoms with Crippen molar-refractivity contribution in [1.29, 1.82) is 0 Å². The fourth-order valence-corrected chi connectivity index (χ4v) is 3.62. The van der Waals surface area contributed by atoms with E-state index in [0.29, 0.717) is 40.5 Å². The lowest BCUT2D eigenvalue weighted by Crippen LogP contribution is -2.26. The summed E-state index contributed by atoms with van der Waals surface area (Å²) in [7, 11) is 0. The fraction of sp³-hybridized carbons (Fsp3) is 0.304. The highest BCUT2D eigenvalue weighted by atomic mass is 35.5. The Hall–Kier alpha value is -3.06. The zero-order valence-electron chi connectivity index (χ0n) is 16.7. The molecule has 2 aromatic heterocycles. The molecule has 2 saturated carbocycles. The Bertz CT molecular complexity index is 1150. The van der Waals surface area contributed by atoms with Gasteiger partial charge in [0.1, 0.15) is 11.6 Å². The fourth-order valence-electron chi connectivity index (χ4n) is 3.45. The zero-order chi connectivity index (χ0) is 21.4. The molecule has 0 radical (unpaired) electrons. The third-order valence-corrected chi connectivity index (χ3v) is 5.81. The summed E-state index contributed by atoms with van der Waals surface area (Å²) in [6.07, 6.45) is 9.31. The van der Waals surface area contributed by atoms with E-state index in [2.05, 4.69) is 25.6 Å². The molecule has 8 heteroatoms. The van der Waals surface area contributed by atoms with Crippen molar-refractivity contribution in [2.24, 2.45) is 5.92 Å². The van der Waals surface area contributed by atoms with Crippen LogP contribution in [0.2, 0.25) is 5.02 Å². The molecule has 6 nitrogen and oxygen atoms in total. The van der Waals surface area contributed by atoms with E-state index in [1.807, 2.05) is 0 Å². The summed E-state index contributed by atoms with van der Waals surface area (Å²) in [5.74, 6) is 1.12. The van der Waals surface area contributed by atoms with Crippen LogP contribution in [0.15, 0.2) is 42.9 Å². The summed E-state index contributed by atoms with van der Waals surface area (Å²) < 4.78 is 14.4. The standard InChI is InChI=1S/C23H21ClFN5O/c24-15-5-6-19(25)16(9-15)21-27-12-17(14-3-4-14)22(30-21)29-20-7-8-26-11-18(20)23(31)28-10-13-1-2-13/h5-9,11-14H,1-4,10H2,(H,28,31)(H,26,27,29,30). The molecule has 5 rings (SSSR count). The van der Waals surface area contributed by atoms with Crippen molar-refractivity contribution in [3.05, 3.63) is 64.8 Å². The van der Waals surface area contributed by atoms with Crippen LogP contribution in [0.3, 0.4) is 0 Å². The molecule has 0 saturated heterocycles. The second kappa shape index (κ2) is 8.23. The molecule has 158 valence electrons.